The number of amides is 1. The molecule has 26 heavy (non-hydrogen) atoms. The fourth-order valence-electron chi connectivity index (χ4n) is 2.41. The number of thioether (sulfide) groups is 1. The summed E-state index contributed by atoms with van der Waals surface area (Å²) in [5.41, 5.74) is 1.17. The second-order valence-electron chi connectivity index (χ2n) is 5.22. The summed E-state index contributed by atoms with van der Waals surface area (Å²) in [7, 11) is 0. The van der Waals surface area contributed by atoms with Gasteiger partial charge >= 0.3 is 0 Å². The zero-order valence-electron chi connectivity index (χ0n) is 13.5. The van der Waals surface area contributed by atoms with Crippen molar-refractivity contribution < 1.29 is 14.6 Å². The molecular weight excluding hydrogens is 502 g/mol. The number of hydrogen-bond acceptors (Lipinski definition) is 5. The lowest BCUT2D eigenvalue weighted by molar-refractivity contribution is -0.113. The second-order valence-corrected chi connectivity index (χ2v) is 8.54. The van der Waals surface area contributed by atoms with Crippen molar-refractivity contribution in [3.8, 4) is 11.5 Å². The van der Waals surface area contributed by atoms with Gasteiger partial charge in [0.1, 0.15) is 0 Å². The molecule has 8 heteroatoms. The molecule has 0 bridgehead atoms. The third-order valence-corrected chi connectivity index (χ3v) is 6.89. The second kappa shape index (κ2) is 8.12. The van der Waals surface area contributed by atoms with Gasteiger partial charge in [-0.2, -0.15) is 0 Å². The van der Waals surface area contributed by atoms with E-state index in [0.29, 0.717) is 41.8 Å². The number of anilines is 1. The van der Waals surface area contributed by atoms with Crippen LogP contribution < -0.4 is 9.64 Å². The Kier molecular flexibility index (Phi) is 6.06. The maximum Gasteiger partial charge on any atom is 0.270 e. The topological polar surface area (TPSA) is 49.8 Å². The minimum absolute atomic E-state index is 0.0353. The Hall–Kier alpha value is -1.35. The number of benzene rings is 2. The molecule has 1 saturated heterocycles. The zero-order chi connectivity index (χ0) is 18.8. The van der Waals surface area contributed by atoms with Gasteiger partial charge in [-0.25, -0.2) is 0 Å². The number of aromatic hydroxyl groups is 1. The number of para-hydroxylation sites is 1. The van der Waals surface area contributed by atoms with Gasteiger partial charge in [0, 0.05) is 14.5 Å². The maximum atomic E-state index is 12.8. The summed E-state index contributed by atoms with van der Waals surface area (Å²) in [6.45, 7) is 2.25. The van der Waals surface area contributed by atoms with Gasteiger partial charge < -0.3 is 9.84 Å². The van der Waals surface area contributed by atoms with E-state index in [4.69, 9.17) is 17.0 Å². The van der Waals surface area contributed by atoms with Gasteiger partial charge in [0.2, 0.25) is 0 Å². The van der Waals surface area contributed by atoms with Crippen LogP contribution in [0.4, 0.5) is 5.69 Å². The highest BCUT2D eigenvalue weighted by molar-refractivity contribution is 9.13. The summed E-state index contributed by atoms with van der Waals surface area (Å²) in [5.74, 6) is 0.0784. The van der Waals surface area contributed by atoms with Crippen LogP contribution in [0.2, 0.25) is 0 Å². The molecule has 0 unspecified atom stereocenters. The molecular formula is C18H13Br2NO3S2. The molecule has 1 aliphatic heterocycles. The number of nitrogens with zero attached hydrogens (tertiary/aromatic N) is 1. The van der Waals surface area contributed by atoms with E-state index in [-0.39, 0.29) is 11.7 Å². The van der Waals surface area contributed by atoms with Crippen LogP contribution in [0, 0.1) is 0 Å². The molecule has 1 N–H and O–H groups in total. The first-order valence-electron chi connectivity index (χ1n) is 7.60. The van der Waals surface area contributed by atoms with E-state index in [9.17, 15) is 9.90 Å². The number of thiocarbonyl (C=S) groups is 1. The molecule has 2 aromatic rings. The number of rotatable bonds is 4. The predicted octanol–water partition coefficient (Wildman–Crippen LogP) is 5.72. The van der Waals surface area contributed by atoms with Crippen molar-refractivity contribution >= 4 is 77.8 Å². The SMILES string of the molecule is CCOc1cc(Br)c(Br)c(/C=C2/SC(=S)N(c3ccccc3)C2=O)c1O. The van der Waals surface area contributed by atoms with E-state index in [0.717, 1.165) is 0 Å². The average Bonchev–Trinajstić information content (AvgIpc) is 2.91. The van der Waals surface area contributed by atoms with Crippen LogP contribution in [-0.2, 0) is 4.79 Å². The van der Waals surface area contributed by atoms with Crippen molar-refractivity contribution in [3.63, 3.8) is 0 Å². The molecule has 0 radical (unpaired) electrons. The van der Waals surface area contributed by atoms with Crippen LogP contribution >= 0.6 is 55.8 Å². The van der Waals surface area contributed by atoms with Gasteiger partial charge in [-0.3, -0.25) is 9.69 Å². The quantitative estimate of drug-likeness (QED) is 0.417. The molecule has 1 heterocycles. The van der Waals surface area contributed by atoms with Crippen LogP contribution in [-0.4, -0.2) is 21.9 Å². The van der Waals surface area contributed by atoms with E-state index < -0.39 is 0 Å². The normalized spacial score (nSPS) is 15.8. The number of carbonyl (C=O) groups excluding carboxylic acids is 1. The molecule has 0 aromatic heterocycles. The minimum Gasteiger partial charge on any atom is -0.504 e. The Labute approximate surface area is 177 Å². The summed E-state index contributed by atoms with van der Waals surface area (Å²) in [6.07, 6.45) is 1.62. The summed E-state index contributed by atoms with van der Waals surface area (Å²) in [4.78, 5) is 14.8. The highest BCUT2D eigenvalue weighted by Gasteiger charge is 2.33. The summed E-state index contributed by atoms with van der Waals surface area (Å²) in [6, 6.07) is 10.9. The van der Waals surface area contributed by atoms with Crippen molar-refractivity contribution in [1.82, 2.24) is 0 Å². The Morgan fingerprint density at radius 1 is 1.31 bits per heavy atom. The predicted molar refractivity (Wildman–Crippen MR) is 117 cm³/mol. The van der Waals surface area contributed by atoms with Gasteiger partial charge in [0.25, 0.3) is 5.91 Å². The lowest BCUT2D eigenvalue weighted by Crippen LogP contribution is -2.27. The van der Waals surface area contributed by atoms with E-state index in [1.807, 2.05) is 37.3 Å². The summed E-state index contributed by atoms with van der Waals surface area (Å²) in [5, 5.41) is 10.5. The number of phenolic OH excluding ortho intramolecular Hbond substituents is 1. The number of ether oxygens (including phenoxy) is 1. The van der Waals surface area contributed by atoms with E-state index in [1.165, 1.54) is 16.7 Å². The standard InChI is InChI=1S/C18H13Br2NO3S2/c1-2-24-13-9-12(19)15(20)11(16(13)22)8-14-17(23)21(18(25)26-14)10-6-4-3-5-7-10/h3-9,22H,2H2,1H3/b14-8+. The van der Waals surface area contributed by atoms with Crippen molar-refractivity contribution in [1.29, 1.82) is 0 Å². The van der Waals surface area contributed by atoms with E-state index in [2.05, 4.69) is 31.9 Å². The maximum absolute atomic E-state index is 12.8. The summed E-state index contributed by atoms with van der Waals surface area (Å²) >= 11 is 13.4. The minimum atomic E-state index is -0.226. The van der Waals surface area contributed by atoms with Crippen LogP contribution in [0.15, 0.2) is 50.2 Å². The Balaban J connectivity index is 2.04. The highest BCUT2D eigenvalue weighted by atomic mass is 79.9. The molecule has 0 aliphatic carbocycles. The number of phenols is 1. The van der Waals surface area contributed by atoms with Gasteiger partial charge in [-0.05, 0) is 63.1 Å². The van der Waals surface area contributed by atoms with Crippen LogP contribution in [0.1, 0.15) is 12.5 Å². The molecule has 4 nitrogen and oxygen atoms in total. The average molecular weight is 515 g/mol. The van der Waals surface area contributed by atoms with Crippen LogP contribution in [0.3, 0.4) is 0 Å². The molecule has 1 aliphatic rings. The summed E-state index contributed by atoms with van der Waals surface area (Å²) < 4.78 is 7.25. The Bertz CT molecular complexity index is 916. The van der Waals surface area contributed by atoms with Crippen molar-refractivity contribution in [2.75, 3.05) is 11.5 Å². The van der Waals surface area contributed by atoms with E-state index in [1.54, 1.807) is 12.1 Å². The third-order valence-electron chi connectivity index (χ3n) is 3.58. The first-order valence-corrected chi connectivity index (χ1v) is 10.4. The van der Waals surface area contributed by atoms with Crippen LogP contribution in [0.5, 0.6) is 11.5 Å². The van der Waals surface area contributed by atoms with Gasteiger partial charge in [0.15, 0.2) is 15.8 Å². The molecule has 0 spiro atoms. The number of halogens is 2. The van der Waals surface area contributed by atoms with Crippen molar-refractivity contribution in [3.05, 3.63) is 55.8 Å². The van der Waals surface area contributed by atoms with Crippen molar-refractivity contribution in [2.45, 2.75) is 6.92 Å². The number of hydrogen-bond donors (Lipinski definition) is 1. The molecule has 0 saturated carbocycles. The Morgan fingerprint density at radius 2 is 2.00 bits per heavy atom. The van der Waals surface area contributed by atoms with Gasteiger partial charge in [-0.15, -0.1) is 0 Å². The van der Waals surface area contributed by atoms with Crippen molar-refractivity contribution in [2.24, 2.45) is 0 Å². The first-order chi connectivity index (χ1) is 12.4. The third kappa shape index (κ3) is 3.69. The lowest BCUT2D eigenvalue weighted by Gasteiger charge is -2.14. The number of carbonyl (C=O) groups is 1. The lowest BCUT2D eigenvalue weighted by atomic mass is 10.1. The van der Waals surface area contributed by atoms with E-state index >= 15 is 0 Å². The van der Waals surface area contributed by atoms with Gasteiger partial charge in [-0.1, -0.05) is 42.2 Å². The molecule has 2 aromatic carbocycles. The molecule has 3 rings (SSSR count). The fraction of sp³-hybridized carbons (Fsp3) is 0.111. The molecule has 0 atom stereocenters. The smallest absolute Gasteiger partial charge is 0.270 e. The fourth-order valence-corrected chi connectivity index (χ4v) is 4.53. The first kappa shape index (κ1) is 19.4. The Morgan fingerprint density at radius 3 is 2.65 bits per heavy atom. The monoisotopic (exact) mass is 513 g/mol. The highest BCUT2D eigenvalue weighted by Crippen LogP contribution is 2.44. The molecule has 134 valence electrons. The van der Waals surface area contributed by atoms with Gasteiger partial charge in [0.05, 0.1) is 17.2 Å². The zero-order valence-corrected chi connectivity index (χ0v) is 18.3. The molecule has 1 amide bonds. The van der Waals surface area contributed by atoms with Crippen LogP contribution in [0.25, 0.3) is 6.08 Å². The largest absolute Gasteiger partial charge is 0.504 e. The molecule has 1 fully saturated rings.